The number of aliphatic imine (C=N–C) groups is 1. The van der Waals surface area contributed by atoms with Crippen LogP contribution >= 0.6 is 0 Å². The Morgan fingerprint density at radius 1 is 1.27 bits per heavy atom. The molecule has 2 rings (SSSR count). The smallest absolute Gasteiger partial charge is 0.0360 e. The highest BCUT2D eigenvalue weighted by Crippen LogP contribution is 2.43. The first-order chi connectivity index (χ1) is 7.15. The maximum atomic E-state index is 4.56. The van der Waals surface area contributed by atoms with E-state index in [9.17, 15) is 0 Å². The van der Waals surface area contributed by atoms with Crippen molar-refractivity contribution >= 4 is 5.71 Å². The summed E-state index contributed by atoms with van der Waals surface area (Å²) in [6, 6.07) is 0.737. The lowest BCUT2D eigenvalue weighted by atomic mass is 9.68. The van der Waals surface area contributed by atoms with E-state index in [1.54, 1.807) is 0 Å². The third kappa shape index (κ3) is 2.25. The molecule has 15 heavy (non-hydrogen) atoms. The first-order valence-electron chi connectivity index (χ1n) is 6.41. The Bertz CT molecular complexity index is 237. The van der Waals surface area contributed by atoms with Crippen LogP contribution in [0, 0.1) is 5.41 Å². The van der Waals surface area contributed by atoms with E-state index in [1.165, 1.54) is 44.5 Å². The summed E-state index contributed by atoms with van der Waals surface area (Å²) in [6.07, 6.45) is 5.30. The molecule has 0 aromatic heterocycles. The summed E-state index contributed by atoms with van der Waals surface area (Å²) < 4.78 is 0. The van der Waals surface area contributed by atoms with Crippen LogP contribution in [-0.4, -0.2) is 36.3 Å². The van der Waals surface area contributed by atoms with Gasteiger partial charge in [0.05, 0.1) is 0 Å². The van der Waals surface area contributed by atoms with Crippen molar-refractivity contribution in [2.45, 2.75) is 52.5 Å². The van der Waals surface area contributed by atoms with Crippen molar-refractivity contribution in [3.8, 4) is 0 Å². The van der Waals surface area contributed by atoms with Crippen LogP contribution in [0.25, 0.3) is 0 Å². The largest absolute Gasteiger partial charge is 0.300 e. The highest BCUT2D eigenvalue weighted by atomic mass is 15.2. The van der Waals surface area contributed by atoms with E-state index >= 15 is 0 Å². The first kappa shape index (κ1) is 11.1. The molecule has 2 aliphatic rings. The van der Waals surface area contributed by atoms with Gasteiger partial charge in [0.1, 0.15) is 0 Å². The zero-order valence-corrected chi connectivity index (χ0v) is 10.4. The molecule has 0 unspecified atom stereocenters. The molecule has 0 aromatic rings. The normalized spacial score (nSPS) is 25.7. The number of hydrogen-bond donors (Lipinski definition) is 0. The third-order valence-electron chi connectivity index (χ3n) is 4.08. The van der Waals surface area contributed by atoms with Gasteiger partial charge in [0.25, 0.3) is 0 Å². The van der Waals surface area contributed by atoms with Gasteiger partial charge in [-0.2, -0.15) is 0 Å². The standard InChI is InChI=1S/C13H24N2/c1-4-14-12-5-7-13(8-6-12)9-15(10-13)11(2)3/h11H,4-10H2,1-3H3. The lowest BCUT2D eigenvalue weighted by Gasteiger charge is -2.54. The zero-order chi connectivity index (χ0) is 10.9. The zero-order valence-electron chi connectivity index (χ0n) is 10.4. The van der Waals surface area contributed by atoms with Crippen molar-refractivity contribution in [2.75, 3.05) is 19.6 Å². The minimum Gasteiger partial charge on any atom is -0.300 e. The summed E-state index contributed by atoms with van der Waals surface area (Å²) in [4.78, 5) is 7.16. The summed E-state index contributed by atoms with van der Waals surface area (Å²) >= 11 is 0. The van der Waals surface area contributed by atoms with E-state index in [-0.39, 0.29) is 0 Å². The monoisotopic (exact) mass is 208 g/mol. The molecule has 1 aliphatic heterocycles. The van der Waals surface area contributed by atoms with Gasteiger partial charge >= 0.3 is 0 Å². The van der Waals surface area contributed by atoms with Crippen LogP contribution in [-0.2, 0) is 0 Å². The van der Waals surface area contributed by atoms with Crippen molar-refractivity contribution < 1.29 is 0 Å². The molecule has 0 atom stereocenters. The van der Waals surface area contributed by atoms with Crippen molar-refractivity contribution in [1.82, 2.24) is 4.90 Å². The molecular weight excluding hydrogens is 184 g/mol. The predicted molar refractivity (Wildman–Crippen MR) is 65.6 cm³/mol. The molecule has 0 radical (unpaired) electrons. The minimum atomic E-state index is 0.678. The third-order valence-corrected chi connectivity index (χ3v) is 4.08. The van der Waals surface area contributed by atoms with Gasteiger partial charge in [0, 0.05) is 31.4 Å². The van der Waals surface area contributed by atoms with Gasteiger partial charge in [0.2, 0.25) is 0 Å². The van der Waals surface area contributed by atoms with Crippen molar-refractivity contribution in [2.24, 2.45) is 10.4 Å². The maximum Gasteiger partial charge on any atom is 0.0360 e. The summed E-state index contributed by atoms with van der Waals surface area (Å²) in [5.41, 5.74) is 2.16. The molecule has 2 fully saturated rings. The van der Waals surface area contributed by atoms with E-state index in [0.717, 1.165) is 12.6 Å². The van der Waals surface area contributed by atoms with Gasteiger partial charge in [-0.15, -0.1) is 0 Å². The molecule has 1 aliphatic carbocycles. The SMILES string of the molecule is CCN=C1CCC2(CC1)CN(C(C)C)C2. The van der Waals surface area contributed by atoms with Crippen LogP contribution in [0.1, 0.15) is 46.5 Å². The Kier molecular flexibility index (Phi) is 3.15. The molecule has 0 amide bonds. The fraction of sp³-hybridized carbons (Fsp3) is 0.923. The Morgan fingerprint density at radius 2 is 1.87 bits per heavy atom. The average Bonchev–Trinajstić information content (AvgIpc) is 2.16. The highest BCUT2D eigenvalue weighted by Gasteiger charge is 2.44. The summed E-state index contributed by atoms with van der Waals surface area (Å²) in [7, 11) is 0. The van der Waals surface area contributed by atoms with Crippen LogP contribution in [0.2, 0.25) is 0 Å². The van der Waals surface area contributed by atoms with Crippen molar-refractivity contribution in [3.05, 3.63) is 0 Å². The Labute approximate surface area is 93.8 Å². The average molecular weight is 208 g/mol. The van der Waals surface area contributed by atoms with Gasteiger partial charge < -0.3 is 0 Å². The number of nitrogens with zero attached hydrogens (tertiary/aromatic N) is 2. The van der Waals surface area contributed by atoms with Gasteiger partial charge in [0.15, 0.2) is 0 Å². The second-order valence-electron chi connectivity index (χ2n) is 5.54. The molecule has 0 aromatic carbocycles. The molecule has 0 bridgehead atoms. The van der Waals surface area contributed by atoms with E-state index < -0.39 is 0 Å². The van der Waals surface area contributed by atoms with E-state index in [4.69, 9.17) is 0 Å². The summed E-state index contributed by atoms with van der Waals surface area (Å²) in [6.45, 7) is 10.4. The van der Waals surface area contributed by atoms with Crippen LogP contribution in [0.4, 0.5) is 0 Å². The topological polar surface area (TPSA) is 15.6 Å². The highest BCUT2D eigenvalue weighted by molar-refractivity contribution is 5.85. The predicted octanol–water partition coefficient (Wildman–Crippen LogP) is 2.73. The lowest BCUT2D eigenvalue weighted by molar-refractivity contribution is -0.0353. The second kappa shape index (κ2) is 4.25. The summed E-state index contributed by atoms with van der Waals surface area (Å²) in [5.74, 6) is 0. The fourth-order valence-electron chi connectivity index (χ4n) is 2.95. The number of rotatable bonds is 2. The van der Waals surface area contributed by atoms with Gasteiger partial charge in [-0.1, -0.05) is 0 Å². The molecular formula is C13H24N2. The Hall–Kier alpha value is -0.370. The van der Waals surface area contributed by atoms with Crippen LogP contribution in [0.5, 0.6) is 0 Å². The van der Waals surface area contributed by atoms with Gasteiger partial charge in [-0.25, -0.2) is 0 Å². The molecule has 86 valence electrons. The van der Waals surface area contributed by atoms with Crippen LogP contribution in [0.3, 0.4) is 0 Å². The quantitative estimate of drug-likeness (QED) is 0.681. The Balaban J connectivity index is 1.83. The molecule has 1 saturated carbocycles. The lowest BCUT2D eigenvalue weighted by Crippen LogP contribution is -2.59. The van der Waals surface area contributed by atoms with E-state index in [0.29, 0.717) is 5.41 Å². The second-order valence-corrected chi connectivity index (χ2v) is 5.54. The number of likely N-dealkylation sites (tertiary alicyclic amines) is 1. The van der Waals surface area contributed by atoms with Crippen molar-refractivity contribution in [1.29, 1.82) is 0 Å². The molecule has 1 spiro atoms. The Morgan fingerprint density at radius 3 is 2.33 bits per heavy atom. The van der Waals surface area contributed by atoms with Gasteiger partial charge in [-0.3, -0.25) is 9.89 Å². The minimum absolute atomic E-state index is 0.678. The first-order valence-corrected chi connectivity index (χ1v) is 6.41. The molecule has 2 nitrogen and oxygen atoms in total. The molecule has 0 N–H and O–H groups in total. The van der Waals surface area contributed by atoms with E-state index in [1.807, 2.05) is 0 Å². The number of hydrogen-bond acceptors (Lipinski definition) is 2. The molecule has 2 heteroatoms. The van der Waals surface area contributed by atoms with Crippen LogP contribution < -0.4 is 0 Å². The van der Waals surface area contributed by atoms with Crippen LogP contribution in [0.15, 0.2) is 4.99 Å². The van der Waals surface area contributed by atoms with Crippen molar-refractivity contribution in [3.63, 3.8) is 0 Å². The summed E-state index contributed by atoms with van der Waals surface area (Å²) in [5, 5.41) is 0. The van der Waals surface area contributed by atoms with Gasteiger partial charge in [-0.05, 0) is 51.9 Å². The van der Waals surface area contributed by atoms with E-state index in [2.05, 4.69) is 30.7 Å². The molecule has 1 saturated heterocycles. The maximum absolute atomic E-state index is 4.56. The fourth-order valence-corrected chi connectivity index (χ4v) is 2.95. The molecule has 1 heterocycles.